The summed E-state index contributed by atoms with van der Waals surface area (Å²) in [7, 11) is -2.10. The summed E-state index contributed by atoms with van der Waals surface area (Å²) in [5, 5.41) is 2.76. The zero-order valence-electron chi connectivity index (χ0n) is 10.4. The Morgan fingerprint density at radius 2 is 1.95 bits per heavy atom. The van der Waals surface area contributed by atoms with Crippen molar-refractivity contribution >= 4 is 53.4 Å². The summed E-state index contributed by atoms with van der Waals surface area (Å²) >= 11 is 6.62. The smallest absolute Gasteiger partial charge is 0.265 e. The highest BCUT2D eigenvalue weighted by atomic mass is 79.9. The number of aromatic nitrogens is 1. The van der Waals surface area contributed by atoms with Gasteiger partial charge in [-0.1, -0.05) is 15.9 Å². The lowest BCUT2D eigenvalue weighted by Gasteiger charge is -2.12. The summed E-state index contributed by atoms with van der Waals surface area (Å²) in [4.78, 5) is 4.09. The minimum atomic E-state index is -3.72. The van der Waals surface area contributed by atoms with Crippen LogP contribution in [0.4, 0.5) is 11.5 Å². The molecule has 0 fully saturated rings. The van der Waals surface area contributed by atoms with E-state index in [2.05, 4.69) is 46.9 Å². The molecule has 0 spiro atoms. The molecule has 0 aliphatic rings. The van der Waals surface area contributed by atoms with E-state index in [9.17, 15) is 8.42 Å². The maximum absolute atomic E-state index is 12.4. The van der Waals surface area contributed by atoms with Gasteiger partial charge in [-0.15, -0.1) is 0 Å². The number of pyridine rings is 1. The molecule has 2 aromatic rings. The molecule has 0 saturated heterocycles. The average Bonchev–Trinajstić information content (AvgIpc) is 2.42. The standard InChI is InChI=1S/C12H11Br2N3O2S/c1-15-12-11(3-2-6-16-12)20(18,19)17-10-7-8(13)4-5-9(10)14/h2-7,17H,1H3,(H,15,16). The molecule has 2 rings (SSSR count). The number of anilines is 2. The SMILES string of the molecule is CNc1ncccc1S(=O)(=O)Nc1cc(Br)ccc1Br. The zero-order chi connectivity index (χ0) is 14.8. The van der Waals surface area contributed by atoms with E-state index in [1.165, 1.54) is 12.3 Å². The van der Waals surface area contributed by atoms with Crippen LogP contribution in [-0.2, 0) is 10.0 Å². The average molecular weight is 421 g/mol. The van der Waals surface area contributed by atoms with Gasteiger partial charge in [0.25, 0.3) is 10.0 Å². The van der Waals surface area contributed by atoms with Gasteiger partial charge in [-0.25, -0.2) is 13.4 Å². The summed E-state index contributed by atoms with van der Waals surface area (Å²) in [6, 6.07) is 8.31. The molecule has 5 nitrogen and oxygen atoms in total. The fraction of sp³-hybridized carbons (Fsp3) is 0.0833. The van der Waals surface area contributed by atoms with Crippen molar-refractivity contribution in [1.82, 2.24) is 4.98 Å². The first-order valence-electron chi connectivity index (χ1n) is 5.54. The van der Waals surface area contributed by atoms with E-state index in [1.807, 2.05) is 6.07 Å². The minimum absolute atomic E-state index is 0.0920. The van der Waals surface area contributed by atoms with Gasteiger partial charge in [-0.3, -0.25) is 4.72 Å². The number of hydrogen-bond acceptors (Lipinski definition) is 4. The second kappa shape index (κ2) is 6.11. The quantitative estimate of drug-likeness (QED) is 0.794. The third-order valence-electron chi connectivity index (χ3n) is 2.47. The van der Waals surface area contributed by atoms with Crippen molar-refractivity contribution in [3.63, 3.8) is 0 Å². The molecule has 0 radical (unpaired) electrons. The summed E-state index contributed by atoms with van der Waals surface area (Å²) in [6.07, 6.45) is 1.53. The fourth-order valence-electron chi connectivity index (χ4n) is 1.57. The first-order valence-corrected chi connectivity index (χ1v) is 8.61. The minimum Gasteiger partial charge on any atom is -0.372 e. The van der Waals surface area contributed by atoms with Crippen LogP contribution in [0.3, 0.4) is 0 Å². The molecule has 1 heterocycles. The number of hydrogen-bond donors (Lipinski definition) is 2. The number of nitrogens with zero attached hydrogens (tertiary/aromatic N) is 1. The molecule has 0 aliphatic carbocycles. The lowest BCUT2D eigenvalue weighted by atomic mass is 10.3. The second-order valence-electron chi connectivity index (χ2n) is 3.83. The molecule has 0 unspecified atom stereocenters. The largest absolute Gasteiger partial charge is 0.372 e. The van der Waals surface area contributed by atoms with E-state index in [4.69, 9.17) is 0 Å². The van der Waals surface area contributed by atoms with Gasteiger partial charge in [0, 0.05) is 22.2 Å². The highest BCUT2D eigenvalue weighted by Crippen LogP contribution is 2.29. The molecular weight excluding hydrogens is 410 g/mol. The van der Waals surface area contributed by atoms with Crippen molar-refractivity contribution in [2.45, 2.75) is 4.90 Å². The van der Waals surface area contributed by atoms with Crippen molar-refractivity contribution in [3.05, 3.63) is 45.5 Å². The van der Waals surface area contributed by atoms with Gasteiger partial charge in [0.2, 0.25) is 0 Å². The predicted octanol–water partition coefficient (Wildman–Crippen LogP) is 3.45. The van der Waals surface area contributed by atoms with Gasteiger partial charge in [-0.2, -0.15) is 0 Å². The Balaban J connectivity index is 2.43. The molecule has 20 heavy (non-hydrogen) atoms. The molecule has 106 valence electrons. The fourth-order valence-corrected chi connectivity index (χ4v) is 3.64. The van der Waals surface area contributed by atoms with Crippen LogP contribution in [-0.4, -0.2) is 20.4 Å². The van der Waals surface area contributed by atoms with Gasteiger partial charge >= 0.3 is 0 Å². The predicted molar refractivity (Wildman–Crippen MR) is 86.4 cm³/mol. The highest BCUT2D eigenvalue weighted by molar-refractivity contribution is 9.11. The molecular formula is C12H11Br2N3O2S. The Morgan fingerprint density at radius 3 is 2.65 bits per heavy atom. The molecule has 1 aromatic carbocycles. The first-order chi connectivity index (χ1) is 9.44. The highest BCUT2D eigenvalue weighted by Gasteiger charge is 2.20. The maximum atomic E-state index is 12.4. The third kappa shape index (κ3) is 3.31. The molecule has 8 heteroatoms. The van der Waals surface area contributed by atoms with Crippen molar-refractivity contribution in [3.8, 4) is 0 Å². The van der Waals surface area contributed by atoms with Crippen LogP contribution >= 0.6 is 31.9 Å². The van der Waals surface area contributed by atoms with E-state index in [-0.39, 0.29) is 4.90 Å². The van der Waals surface area contributed by atoms with E-state index < -0.39 is 10.0 Å². The van der Waals surface area contributed by atoms with Crippen molar-refractivity contribution < 1.29 is 8.42 Å². The number of halogens is 2. The number of rotatable bonds is 4. The van der Waals surface area contributed by atoms with E-state index in [1.54, 1.807) is 25.2 Å². The van der Waals surface area contributed by atoms with Crippen LogP contribution < -0.4 is 10.0 Å². The number of nitrogens with one attached hydrogen (secondary N) is 2. The van der Waals surface area contributed by atoms with Crippen LogP contribution in [0.15, 0.2) is 50.4 Å². The molecule has 0 bridgehead atoms. The van der Waals surface area contributed by atoms with Crippen LogP contribution in [0.25, 0.3) is 0 Å². The summed E-state index contributed by atoms with van der Waals surface area (Å²) < 4.78 is 28.8. The Hall–Kier alpha value is -1.12. The lowest BCUT2D eigenvalue weighted by Crippen LogP contribution is -2.15. The van der Waals surface area contributed by atoms with Gasteiger partial charge in [0.1, 0.15) is 10.7 Å². The van der Waals surface area contributed by atoms with Crippen LogP contribution in [0.5, 0.6) is 0 Å². The molecule has 2 N–H and O–H groups in total. The van der Waals surface area contributed by atoms with Crippen LogP contribution in [0.2, 0.25) is 0 Å². The van der Waals surface area contributed by atoms with E-state index >= 15 is 0 Å². The molecule has 0 amide bonds. The molecule has 0 saturated carbocycles. The molecule has 0 aliphatic heterocycles. The number of sulfonamides is 1. The van der Waals surface area contributed by atoms with Crippen molar-refractivity contribution in [2.75, 3.05) is 17.1 Å². The zero-order valence-corrected chi connectivity index (χ0v) is 14.4. The Bertz CT molecular complexity index is 735. The normalized spacial score (nSPS) is 11.2. The van der Waals surface area contributed by atoms with Gasteiger partial charge in [0.15, 0.2) is 0 Å². The van der Waals surface area contributed by atoms with E-state index in [0.717, 1.165) is 4.47 Å². The van der Waals surface area contributed by atoms with Gasteiger partial charge in [0.05, 0.1) is 5.69 Å². The number of benzene rings is 1. The van der Waals surface area contributed by atoms with E-state index in [0.29, 0.717) is 16.0 Å². The lowest BCUT2D eigenvalue weighted by molar-refractivity contribution is 0.601. The first kappa shape index (κ1) is 15.3. The Morgan fingerprint density at radius 1 is 1.20 bits per heavy atom. The monoisotopic (exact) mass is 419 g/mol. The summed E-state index contributed by atoms with van der Waals surface area (Å²) in [5.74, 6) is 0.297. The topological polar surface area (TPSA) is 71.1 Å². The molecule has 1 aromatic heterocycles. The second-order valence-corrected chi connectivity index (χ2v) is 7.25. The Labute approximate surface area is 134 Å². The van der Waals surface area contributed by atoms with Gasteiger partial charge in [-0.05, 0) is 46.3 Å². The third-order valence-corrected chi connectivity index (χ3v) is 5.05. The van der Waals surface area contributed by atoms with Crippen molar-refractivity contribution in [2.24, 2.45) is 0 Å². The maximum Gasteiger partial charge on any atom is 0.265 e. The summed E-state index contributed by atoms with van der Waals surface area (Å²) in [6.45, 7) is 0. The summed E-state index contributed by atoms with van der Waals surface area (Å²) in [5.41, 5.74) is 0.449. The molecule has 0 atom stereocenters. The van der Waals surface area contributed by atoms with Gasteiger partial charge < -0.3 is 5.32 Å². The Kier molecular flexibility index (Phi) is 4.66. The van der Waals surface area contributed by atoms with Crippen molar-refractivity contribution in [1.29, 1.82) is 0 Å². The van der Waals surface area contributed by atoms with Crippen LogP contribution in [0, 0.1) is 0 Å². The van der Waals surface area contributed by atoms with Crippen LogP contribution in [0.1, 0.15) is 0 Å².